The molecule has 1 unspecified atom stereocenters. The first kappa shape index (κ1) is 16.0. The van der Waals surface area contributed by atoms with Gasteiger partial charge in [0.2, 0.25) is 6.36 Å². The van der Waals surface area contributed by atoms with Crippen molar-refractivity contribution in [2.75, 3.05) is 6.61 Å². The van der Waals surface area contributed by atoms with Gasteiger partial charge in [0.1, 0.15) is 18.2 Å². The first-order valence-corrected chi connectivity index (χ1v) is 7.74. The molecule has 0 spiro atoms. The van der Waals surface area contributed by atoms with Crippen molar-refractivity contribution < 1.29 is 51.1 Å². The summed E-state index contributed by atoms with van der Waals surface area (Å²) in [6.45, 7) is -1.06. The van der Waals surface area contributed by atoms with E-state index in [1.54, 1.807) is 0 Å². The van der Waals surface area contributed by atoms with Crippen LogP contribution in [0, 0.1) is 0 Å². The van der Waals surface area contributed by atoms with Crippen molar-refractivity contribution in [1.82, 2.24) is 4.72 Å². The number of hydrogen-bond acceptors (Lipinski definition) is 10. The fourth-order valence-electron chi connectivity index (χ4n) is 1.74. The Hall–Kier alpha value is -0.420. The highest BCUT2D eigenvalue weighted by molar-refractivity contribution is 7.87. The predicted molar refractivity (Wildman–Crippen MR) is 58.9 cm³/mol. The van der Waals surface area contributed by atoms with E-state index in [0.29, 0.717) is 0 Å². The second kappa shape index (κ2) is 5.41. The average Bonchev–Trinajstić information content (AvgIpc) is 2.37. The van der Waals surface area contributed by atoms with Crippen LogP contribution in [0.1, 0.15) is 0 Å². The Balaban J connectivity index is 3.44. The lowest BCUT2D eigenvalue weighted by molar-refractivity contribution is -0.264. The largest absolute Gasteiger partial charge is 0.394 e. The van der Waals surface area contributed by atoms with E-state index < -0.39 is 56.5 Å². The first-order valence-electron chi connectivity index (χ1n) is 5.30. The van der Waals surface area contributed by atoms with Crippen LogP contribution in [-0.4, -0.2) is 82.4 Å². The third kappa shape index (κ3) is 3.08. The lowest BCUT2D eigenvalue weighted by Crippen LogP contribution is -2.74. The van der Waals surface area contributed by atoms with Crippen molar-refractivity contribution in [2.24, 2.45) is 0 Å². The third-order valence-corrected chi connectivity index (χ3v) is 4.53. The van der Waals surface area contributed by atoms with Gasteiger partial charge in [-0.3, -0.25) is 9.11 Å². The monoisotopic (exact) mass is 340 g/mol. The van der Waals surface area contributed by atoms with Crippen LogP contribution in [0.5, 0.6) is 0 Å². The number of aliphatic hydroxyl groups excluding tert-OH is 3. The number of rotatable bonds is 5. The van der Waals surface area contributed by atoms with Crippen LogP contribution in [0.15, 0.2) is 0 Å². The molecule has 120 valence electrons. The van der Waals surface area contributed by atoms with Crippen molar-refractivity contribution >= 4 is 20.4 Å². The average molecular weight is 340 g/mol. The van der Waals surface area contributed by atoms with Crippen LogP contribution in [0.25, 0.3) is 1.43 Å². The molecule has 1 fully saturated rings. The van der Waals surface area contributed by atoms with Gasteiger partial charge < -0.3 is 25.2 Å². The van der Waals surface area contributed by atoms with E-state index in [9.17, 15) is 32.2 Å². The smallest absolute Gasteiger partial charge is 0.333 e. The second-order valence-corrected chi connectivity index (χ2v) is 6.72. The predicted octanol–water partition coefficient (Wildman–Crippen LogP) is -4.61. The van der Waals surface area contributed by atoms with Gasteiger partial charge in [0.25, 0.3) is 10.1 Å². The minimum Gasteiger partial charge on any atom is -0.394 e. The SMILES string of the molecule is [2H]OS(=O)(=O)[C@]1(O)[C@H](O)[C@@H](CO)OC(O)[C@@H]1NS(=O)(=O)O. The molecule has 20 heavy (non-hydrogen) atoms. The minimum absolute atomic E-state index is 1.06. The van der Waals surface area contributed by atoms with Gasteiger partial charge in [-0.05, 0) is 0 Å². The molecule has 1 aliphatic heterocycles. The fourth-order valence-corrected chi connectivity index (χ4v) is 3.36. The molecule has 0 amide bonds. The Labute approximate surface area is 114 Å². The van der Waals surface area contributed by atoms with Crippen LogP contribution in [0.3, 0.4) is 0 Å². The summed E-state index contributed by atoms with van der Waals surface area (Å²) < 4.78 is 68.7. The first-order chi connectivity index (χ1) is 9.40. The summed E-state index contributed by atoms with van der Waals surface area (Å²) in [4.78, 5) is -3.62. The van der Waals surface area contributed by atoms with Gasteiger partial charge in [-0.25, -0.2) is 0 Å². The lowest BCUT2D eigenvalue weighted by Gasteiger charge is -2.45. The highest BCUT2D eigenvalue weighted by Crippen LogP contribution is 2.33. The molecule has 0 aromatic heterocycles. The third-order valence-electron chi connectivity index (χ3n) is 2.68. The molecule has 0 saturated carbocycles. The van der Waals surface area contributed by atoms with Gasteiger partial charge in [0, 0.05) is 0 Å². The van der Waals surface area contributed by atoms with Gasteiger partial charge in [0.05, 0.1) is 6.61 Å². The number of ether oxygens (including phenoxy) is 1. The number of nitrogens with one attached hydrogen (secondary N) is 1. The molecule has 1 saturated heterocycles. The van der Waals surface area contributed by atoms with E-state index in [1.165, 1.54) is 0 Å². The van der Waals surface area contributed by atoms with Crippen molar-refractivity contribution in [3.05, 3.63) is 0 Å². The van der Waals surface area contributed by atoms with E-state index in [4.69, 9.17) is 11.1 Å². The summed E-state index contributed by atoms with van der Waals surface area (Å²) in [7, 11) is -10.5. The molecule has 0 aromatic carbocycles. The molecule has 0 aromatic rings. The molecule has 1 aliphatic rings. The second-order valence-electron chi connectivity index (χ2n) is 3.97. The van der Waals surface area contributed by atoms with Crippen molar-refractivity contribution in [2.45, 2.75) is 29.5 Å². The highest BCUT2D eigenvalue weighted by Gasteiger charge is 2.63. The lowest BCUT2D eigenvalue weighted by atomic mass is 9.97. The molecule has 0 radical (unpaired) electrons. The summed E-state index contributed by atoms with van der Waals surface area (Å²) in [6.07, 6.45) is -6.75. The van der Waals surface area contributed by atoms with Crippen molar-refractivity contribution in [3.8, 4) is 0 Å². The van der Waals surface area contributed by atoms with Gasteiger partial charge in [0.15, 0.2) is 6.29 Å². The zero-order valence-electron chi connectivity index (χ0n) is 10.5. The molecule has 7 N–H and O–H groups in total. The maximum absolute atomic E-state index is 11.6. The topological polar surface area (TPSA) is 211 Å². The van der Waals surface area contributed by atoms with Gasteiger partial charge in [-0.1, -0.05) is 0 Å². The highest BCUT2D eigenvalue weighted by atomic mass is 32.2. The van der Waals surface area contributed by atoms with E-state index in [1.807, 2.05) is 0 Å². The maximum atomic E-state index is 11.6. The number of aliphatic hydroxyl groups is 4. The number of hydrogen-bond donors (Lipinski definition) is 7. The normalized spacial score (nSPS) is 40.4. The van der Waals surface area contributed by atoms with Crippen LogP contribution < -0.4 is 4.72 Å². The molecular weight excluding hydrogens is 326 g/mol. The summed E-state index contributed by atoms with van der Waals surface area (Å²) in [5.74, 6) is 0. The van der Waals surface area contributed by atoms with E-state index in [0.717, 1.165) is 4.72 Å². The Bertz CT molecular complexity index is 578. The van der Waals surface area contributed by atoms with Gasteiger partial charge in [-0.2, -0.15) is 21.6 Å². The Kier molecular flexibility index (Phi) is 4.32. The van der Waals surface area contributed by atoms with Crippen LogP contribution >= 0.6 is 0 Å². The van der Waals surface area contributed by atoms with E-state index in [-0.39, 0.29) is 0 Å². The Morgan fingerprint density at radius 3 is 2.25 bits per heavy atom. The molecule has 0 aliphatic carbocycles. The summed E-state index contributed by atoms with van der Waals surface area (Å²) >= 11 is 0. The molecule has 12 nitrogen and oxygen atoms in total. The Morgan fingerprint density at radius 1 is 1.30 bits per heavy atom. The summed E-state index contributed by atoms with van der Waals surface area (Å²) in [5, 5.41) is 38.2. The van der Waals surface area contributed by atoms with Crippen LogP contribution in [0.2, 0.25) is 0 Å². The minimum atomic E-state index is -5.38. The van der Waals surface area contributed by atoms with Crippen molar-refractivity contribution in [3.63, 3.8) is 0 Å². The van der Waals surface area contributed by atoms with Crippen LogP contribution in [-0.2, 0) is 25.2 Å². The summed E-state index contributed by atoms with van der Waals surface area (Å²) in [5.41, 5.74) is 0. The van der Waals surface area contributed by atoms with Gasteiger partial charge in [-0.15, -0.1) is 0 Å². The molecule has 0 bridgehead atoms. The van der Waals surface area contributed by atoms with E-state index >= 15 is 0 Å². The fraction of sp³-hybridized carbons (Fsp3) is 1.00. The molecule has 1 heterocycles. The molecule has 14 heteroatoms. The summed E-state index contributed by atoms with van der Waals surface area (Å²) in [6, 6.07) is -2.54. The molecule has 5 atom stereocenters. The van der Waals surface area contributed by atoms with Crippen molar-refractivity contribution in [1.29, 1.82) is 1.43 Å². The van der Waals surface area contributed by atoms with E-state index in [2.05, 4.69) is 9.29 Å². The zero-order chi connectivity index (χ0) is 16.6. The van der Waals surface area contributed by atoms with Crippen LogP contribution in [0.4, 0.5) is 0 Å². The molecular formula is C6H13NO11S2. The quantitative estimate of drug-likeness (QED) is 0.236. The molecule has 1 rings (SSSR count). The Morgan fingerprint density at radius 2 is 1.85 bits per heavy atom. The standard InChI is InChI=1S/C6H13NO11S2/c8-1-2-4(9)6(11,19(12,13)14)3(5(10)18-2)7-20(15,16)17/h2-5,7-11H,1H2,(H,12,13,14)(H,15,16,17)/t2-,3+,4-,5?,6+/m1/s1/i/hD. The van der Waals surface area contributed by atoms with Gasteiger partial charge >= 0.3 is 10.3 Å². The maximum Gasteiger partial charge on any atom is 0.333 e. The zero-order valence-corrected chi connectivity index (χ0v) is 11.2.